The highest BCUT2D eigenvalue weighted by molar-refractivity contribution is 5.68. The number of hydrogen-bond acceptors (Lipinski definition) is 2. The van der Waals surface area contributed by atoms with E-state index in [0.717, 1.165) is 16.9 Å². The lowest BCUT2D eigenvalue weighted by molar-refractivity contribution is 0.303. The van der Waals surface area contributed by atoms with Gasteiger partial charge in [0.2, 0.25) is 0 Å². The number of rotatable bonds is 4. The predicted molar refractivity (Wildman–Crippen MR) is 99.4 cm³/mol. The summed E-state index contributed by atoms with van der Waals surface area (Å²) in [6, 6.07) is 14.7. The highest BCUT2D eigenvalue weighted by Gasteiger charge is 2.07. The maximum Gasteiger partial charge on any atom is 0.122 e. The summed E-state index contributed by atoms with van der Waals surface area (Å²) >= 11 is 0. The molecule has 0 saturated heterocycles. The summed E-state index contributed by atoms with van der Waals surface area (Å²) in [5, 5.41) is 0. The van der Waals surface area contributed by atoms with E-state index < -0.39 is 0 Å². The van der Waals surface area contributed by atoms with Crippen LogP contribution < -0.4 is 4.74 Å². The second-order valence-electron chi connectivity index (χ2n) is 6.32. The molecule has 2 aromatic carbocycles. The minimum absolute atomic E-state index is 0.524. The van der Waals surface area contributed by atoms with Gasteiger partial charge in [-0.3, -0.25) is 4.98 Å². The smallest absolute Gasteiger partial charge is 0.122 e. The highest BCUT2D eigenvalue weighted by atomic mass is 16.5. The lowest BCUT2D eigenvalue weighted by atomic mass is 9.97. The van der Waals surface area contributed by atoms with Crippen LogP contribution in [-0.4, -0.2) is 4.98 Å². The van der Waals surface area contributed by atoms with Crippen molar-refractivity contribution in [1.82, 2.24) is 4.98 Å². The molecule has 24 heavy (non-hydrogen) atoms. The zero-order chi connectivity index (χ0) is 17.1. The molecule has 122 valence electrons. The topological polar surface area (TPSA) is 22.1 Å². The Labute approximate surface area is 144 Å². The van der Waals surface area contributed by atoms with E-state index in [2.05, 4.69) is 63.0 Å². The number of nitrogens with zero attached hydrogens (tertiary/aromatic N) is 1. The van der Waals surface area contributed by atoms with Crippen LogP contribution in [0, 0.1) is 27.7 Å². The molecule has 0 atom stereocenters. The largest absolute Gasteiger partial charge is 0.489 e. The van der Waals surface area contributed by atoms with E-state index in [9.17, 15) is 0 Å². The quantitative estimate of drug-likeness (QED) is 0.628. The Morgan fingerprint density at radius 2 is 1.54 bits per heavy atom. The normalized spacial score (nSPS) is 10.7. The van der Waals surface area contributed by atoms with Crippen LogP contribution in [0.4, 0.5) is 0 Å². The third kappa shape index (κ3) is 3.33. The first kappa shape index (κ1) is 16.3. The third-order valence-corrected chi connectivity index (χ3v) is 4.66. The molecule has 3 rings (SSSR count). The first-order valence-corrected chi connectivity index (χ1v) is 8.26. The Morgan fingerprint density at radius 1 is 0.833 bits per heavy atom. The molecule has 1 aromatic heterocycles. The minimum atomic E-state index is 0.524. The molecule has 0 aliphatic rings. The molecule has 0 aliphatic carbocycles. The van der Waals surface area contributed by atoms with E-state index in [1.807, 2.05) is 24.5 Å². The molecule has 0 spiro atoms. The number of hydrogen-bond donors (Lipinski definition) is 0. The first-order chi connectivity index (χ1) is 11.6. The molecule has 0 unspecified atom stereocenters. The van der Waals surface area contributed by atoms with Gasteiger partial charge in [0, 0.05) is 23.5 Å². The van der Waals surface area contributed by atoms with Gasteiger partial charge in [-0.05, 0) is 67.6 Å². The van der Waals surface area contributed by atoms with Gasteiger partial charge >= 0.3 is 0 Å². The first-order valence-electron chi connectivity index (χ1n) is 8.26. The molecule has 0 amide bonds. The summed E-state index contributed by atoms with van der Waals surface area (Å²) in [5.74, 6) is 0.937. The number of ether oxygens (including phenoxy) is 1. The predicted octanol–water partition coefficient (Wildman–Crippen LogP) is 5.56. The van der Waals surface area contributed by atoms with Crippen molar-refractivity contribution in [3.63, 3.8) is 0 Å². The number of pyridine rings is 1. The van der Waals surface area contributed by atoms with Crippen molar-refractivity contribution in [2.45, 2.75) is 34.3 Å². The van der Waals surface area contributed by atoms with Gasteiger partial charge in [0.05, 0.1) is 0 Å². The van der Waals surface area contributed by atoms with E-state index in [0.29, 0.717) is 6.61 Å². The lowest BCUT2D eigenvalue weighted by Crippen LogP contribution is -1.99. The average molecular weight is 317 g/mol. The average Bonchev–Trinajstić information content (AvgIpc) is 2.59. The zero-order valence-electron chi connectivity index (χ0n) is 14.8. The number of aryl methyl sites for hydroxylation is 2. The standard InChI is InChI=1S/C22H23NO/c1-15-7-5-9-21(17(15)3)20-11-19(12-23-13-20)14-24-22-10-6-8-16(2)18(22)4/h5-13H,14H2,1-4H3. The van der Waals surface area contributed by atoms with Gasteiger partial charge in [-0.25, -0.2) is 0 Å². The van der Waals surface area contributed by atoms with Crippen molar-refractivity contribution >= 4 is 0 Å². The summed E-state index contributed by atoms with van der Waals surface area (Å²) in [7, 11) is 0. The third-order valence-electron chi connectivity index (χ3n) is 4.66. The molecule has 3 aromatic rings. The van der Waals surface area contributed by atoms with Crippen LogP contribution >= 0.6 is 0 Å². The molecule has 0 saturated carbocycles. The lowest BCUT2D eigenvalue weighted by Gasteiger charge is -2.12. The van der Waals surface area contributed by atoms with Crippen LogP contribution in [0.15, 0.2) is 54.9 Å². The Kier molecular flexibility index (Phi) is 4.66. The fourth-order valence-electron chi connectivity index (χ4n) is 2.82. The van der Waals surface area contributed by atoms with Crippen LogP contribution in [0.5, 0.6) is 5.75 Å². The fraction of sp³-hybridized carbons (Fsp3) is 0.227. The van der Waals surface area contributed by atoms with E-state index in [4.69, 9.17) is 4.74 Å². The van der Waals surface area contributed by atoms with Crippen LogP contribution in [-0.2, 0) is 6.61 Å². The number of benzene rings is 2. The maximum atomic E-state index is 6.01. The van der Waals surface area contributed by atoms with Crippen molar-refractivity contribution < 1.29 is 4.74 Å². The van der Waals surface area contributed by atoms with Crippen molar-refractivity contribution in [3.05, 3.63) is 82.7 Å². The summed E-state index contributed by atoms with van der Waals surface area (Å²) in [5.41, 5.74) is 8.48. The maximum absolute atomic E-state index is 6.01. The molecule has 0 bridgehead atoms. The fourth-order valence-corrected chi connectivity index (χ4v) is 2.82. The van der Waals surface area contributed by atoms with E-state index >= 15 is 0 Å². The molecule has 2 nitrogen and oxygen atoms in total. The second kappa shape index (κ2) is 6.88. The van der Waals surface area contributed by atoms with E-state index in [1.54, 1.807) is 0 Å². The molecule has 0 fully saturated rings. The molecule has 1 heterocycles. The monoisotopic (exact) mass is 317 g/mol. The van der Waals surface area contributed by atoms with Gasteiger partial charge in [0.25, 0.3) is 0 Å². The Morgan fingerprint density at radius 3 is 2.33 bits per heavy atom. The molecule has 0 radical (unpaired) electrons. The Bertz CT molecular complexity index is 868. The SMILES string of the molecule is Cc1cccc(OCc2cncc(-c3cccc(C)c3C)c2)c1C. The molecule has 2 heteroatoms. The highest BCUT2D eigenvalue weighted by Crippen LogP contribution is 2.26. The summed E-state index contributed by atoms with van der Waals surface area (Å²) < 4.78 is 6.01. The molecular weight excluding hydrogens is 294 g/mol. The van der Waals surface area contributed by atoms with Crippen molar-refractivity contribution in [2.24, 2.45) is 0 Å². The Hall–Kier alpha value is -2.61. The molecular formula is C22H23NO. The molecule has 0 aliphatic heterocycles. The number of aromatic nitrogens is 1. The Balaban J connectivity index is 1.83. The minimum Gasteiger partial charge on any atom is -0.489 e. The zero-order valence-corrected chi connectivity index (χ0v) is 14.8. The summed E-state index contributed by atoms with van der Waals surface area (Å²) in [6.45, 7) is 9.01. The van der Waals surface area contributed by atoms with Gasteiger partial charge in [0.15, 0.2) is 0 Å². The van der Waals surface area contributed by atoms with Gasteiger partial charge in [0.1, 0.15) is 12.4 Å². The van der Waals surface area contributed by atoms with Crippen LogP contribution in [0.25, 0.3) is 11.1 Å². The summed E-state index contributed by atoms with van der Waals surface area (Å²) in [4.78, 5) is 4.40. The van der Waals surface area contributed by atoms with Gasteiger partial charge in [-0.15, -0.1) is 0 Å². The van der Waals surface area contributed by atoms with Gasteiger partial charge in [-0.2, -0.15) is 0 Å². The van der Waals surface area contributed by atoms with Gasteiger partial charge in [-0.1, -0.05) is 30.3 Å². The van der Waals surface area contributed by atoms with Crippen molar-refractivity contribution in [3.8, 4) is 16.9 Å². The summed E-state index contributed by atoms with van der Waals surface area (Å²) in [6.07, 6.45) is 3.79. The van der Waals surface area contributed by atoms with Gasteiger partial charge < -0.3 is 4.74 Å². The van der Waals surface area contributed by atoms with Crippen molar-refractivity contribution in [1.29, 1.82) is 0 Å². The second-order valence-corrected chi connectivity index (χ2v) is 6.32. The molecule has 0 N–H and O–H groups in total. The van der Waals surface area contributed by atoms with Crippen molar-refractivity contribution in [2.75, 3.05) is 0 Å². The van der Waals surface area contributed by atoms with Crippen LogP contribution in [0.1, 0.15) is 27.8 Å². The van der Waals surface area contributed by atoms with Crippen LogP contribution in [0.2, 0.25) is 0 Å². The van der Waals surface area contributed by atoms with E-state index in [-0.39, 0.29) is 0 Å². The van der Waals surface area contributed by atoms with Crippen LogP contribution in [0.3, 0.4) is 0 Å². The van der Waals surface area contributed by atoms with E-state index in [1.165, 1.54) is 27.8 Å².